The van der Waals surface area contributed by atoms with Crippen LogP contribution in [0.3, 0.4) is 0 Å². The number of carbonyl (C=O) groups is 2. The Morgan fingerprint density at radius 2 is 1.75 bits per heavy atom. The molecule has 4 rings (SSSR count). The molecule has 162 valence electrons. The fourth-order valence-electron chi connectivity index (χ4n) is 3.31. The average Bonchev–Trinajstić information content (AvgIpc) is 3.47. The van der Waals surface area contributed by atoms with Crippen LogP contribution >= 0.6 is 11.3 Å². The van der Waals surface area contributed by atoms with Crippen molar-refractivity contribution in [2.24, 2.45) is 0 Å². The number of carbonyl (C=O) groups excluding carboxylic acids is 2. The monoisotopic (exact) mass is 445 g/mol. The number of hydrogen-bond acceptors (Lipinski definition) is 5. The Labute approximate surface area is 190 Å². The highest BCUT2D eigenvalue weighted by atomic mass is 32.1. The van der Waals surface area contributed by atoms with E-state index in [0.29, 0.717) is 34.5 Å². The highest BCUT2D eigenvalue weighted by molar-refractivity contribution is 7.14. The van der Waals surface area contributed by atoms with Crippen molar-refractivity contribution in [3.8, 4) is 11.5 Å². The molecule has 0 bridgehead atoms. The van der Waals surface area contributed by atoms with E-state index >= 15 is 0 Å². The smallest absolute Gasteiger partial charge is 0.257 e. The van der Waals surface area contributed by atoms with Gasteiger partial charge in [-0.1, -0.05) is 48.5 Å². The van der Waals surface area contributed by atoms with E-state index in [-0.39, 0.29) is 11.8 Å². The lowest BCUT2D eigenvalue weighted by Gasteiger charge is -2.09. The summed E-state index contributed by atoms with van der Waals surface area (Å²) < 4.78 is 5.73. The second kappa shape index (κ2) is 10.1. The molecule has 2 amide bonds. The maximum absolute atomic E-state index is 12.9. The van der Waals surface area contributed by atoms with Gasteiger partial charge in [0, 0.05) is 17.9 Å². The van der Waals surface area contributed by atoms with Gasteiger partial charge in [-0.15, -0.1) is 11.3 Å². The minimum atomic E-state index is -0.180. The Kier molecular flexibility index (Phi) is 6.77. The Balaban J connectivity index is 1.42. The summed E-state index contributed by atoms with van der Waals surface area (Å²) in [5.74, 6) is 0.928. The van der Waals surface area contributed by atoms with Crippen LogP contribution in [0.25, 0.3) is 11.5 Å². The van der Waals surface area contributed by atoms with Crippen molar-refractivity contribution < 1.29 is 14.0 Å². The molecule has 0 saturated heterocycles. The Bertz CT molecular complexity index is 1210. The molecule has 0 radical (unpaired) electrons. The highest BCUT2D eigenvalue weighted by Gasteiger charge is 2.15. The average molecular weight is 446 g/mol. The number of nitrogens with zero attached hydrogens (tertiary/aromatic N) is 1. The quantitative estimate of drug-likeness (QED) is 0.396. The standard InChI is InChI=1S/C25H23N3O3S/c1-17(29)26-15-20-13-14-23(31-20)22-16-32-25(27-22)28-24(30)21-10-6-5-9-19(21)12-11-18-7-3-2-4-8-18/h2-10,13-14,16H,11-12,15H2,1H3,(H,26,29)(H,27,28,30). The Morgan fingerprint density at radius 3 is 2.56 bits per heavy atom. The lowest BCUT2D eigenvalue weighted by atomic mass is 9.99. The summed E-state index contributed by atoms with van der Waals surface area (Å²) in [5, 5.41) is 7.93. The number of hydrogen-bond donors (Lipinski definition) is 2. The van der Waals surface area contributed by atoms with Gasteiger partial charge < -0.3 is 9.73 Å². The minimum Gasteiger partial charge on any atom is -0.458 e. The molecule has 2 heterocycles. The van der Waals surface area contributed by atoms with Gasteiger partial charge in [0.15, 0.2) is 10.9 Å². The van der Waals surface area contributed by atoms with Crippen LogP contribution in [0.5, 0.6) is 0 Å². The van der Waals surface area contributed by atoms with Crippen molar-refractivity contribution >= 4 is 28.3 Å². The molecule has 0 saturated carbocycles. The Morgan fingerprint density at radius 1 is 0.969 bits per heavy atom. The van der Waals surface area contributed by atoms with Crippen LogP contribution in [0, 0.1) is 0 Å². The van der Waals surface area contributed by atoms with Gasteiger partial charge in [-0.3, -0.25) is 14.9 Å². The summed E-state index contributed by atoms with van der Waals surface area (Å²) in [7, 11) is 0. The molecule has 4 aromatic rings. The zero-order chi connectivity index (χ0) is 22.3. The van der Waals surface area contributed by atoms with Gasteiger partial charge in [-0.2, -0.15) is 0 Å². The molecule has 0 unspecified atom stereocenters. The number of amides is 2. The van der Waals surface area contributed by atoms with E-state index in [1.165, 1.54) is 23.8 Å². The molecule has 2 aromatic heterocycles. The van der Waals surface area contributed by atoms with Crippen LogP contribution in [0.4, 0.5) is 5.13 Å². The number of furan rings is 1. The summed E-state index contributed by atoms with van der Waals surface area (Å²) in [5.41, 5.74) is 3.52. The molecule has 0 atom stereocenters. The summed E-state index contributed by atoms with van der Waals surface area (Å²) >= 11 is 1.34. The topological polar surface area (TPSA) is 84.2 Å². The van der Waals surface area contributed by atoms with E-state index in [4.69, 9.17) is 4.42 Å². The van der Waals surface area contributed by atoms with Crippen LogP contribution in [-0.2, 0) is 24.2 Å². The van der Waals surface area contributed by atoms with Crippen molar-refractivity contribution in [3.63, 3.8) is 0 Å². The molecule has 0 fully saturated rings. The normalized spacial score (nSPS) is 10.7. The van der Waals surface area contributed by atoms with E-state index in [2.05, 4.69) is 27.8 Å². The lowest BCUT2D eigenvalue weighted by molar-refractivity contribution is -0.119. The maximum atomic E-state index is 12.9. The van der Waals surface area contributed by atoms with Gasteiger partial charge in [0.1, 0.15) is 11.5 Å². The molecule has 6 nitrogen and oxygen atoms in total. The van der Waals surface area contributed by atoms with Crippen LogP contribution in [0.15, 0.2) is 76.5 Å². The third-order valence-electron chi connectivity index (χ3n) is 4.94. The van der Waals surface area contributed by atoms with Crippen molar-refractivity contribution in [2.75, 3.05) is 5.32 Å². The van der Waals surface area contributed by atoms with Gasteiger partial charge in [0.2, 0.25) is 5.91 Å². The predicted molar refractivity (Wildman–Crippen MR) is 126 cm³/mol. The third-order valence-corrected chi connectivity index (χ3v) is 5.70. The van der Waals surface area contributed by atoms with Crippen molar-refractivity contribution in [2.45, 2.75) is 26.3 Å². The molecule has 0 aliphatic heterocycles. The van der Waals surface area contributed by atoms with Gasteiger partial charge >= 0.3 is 0 Å². The largest absolute Gasteiger partial charge is 0.458 e. The number of benzene rings is 2. The van der Waals surface area contributed by atoms with E-state index < -0.39 is 0 Å². The van der Waals surface area contributed by atoms with E-state index in [9.17, 15) is 9.59 Å². The minimum absolute atomic E-state index is 0.120. The SMILES string of the molecule is CC(=O)NCc1ccc(-c2csc(NC(=O)c3ccccc3CCc3ccccc3)n2)o1. The first-order valence-corrected chi connectivity index (χ1v) is 11.2. The Hall–Kier alpha value is -3.71. The number of nitrogens with one attached hydrogen (secondary N) is 2. The fraction of sp³-hybridized carbons (Fsp3) is 0.160. The molecule has 0 aliphatic carbocycles. The molecule has 7 heteroatoms. The summed E-state index contributed by atoms with van der Waals surface area (Å²) in [4.78, 5) is 28.5. The van der Waals surface area contributed by atoms with Crippen LogP contribution < -0.4 is 10.6 Å². The third kappa shape index (κ3) is 5.50. The lowest BCUT2D eigenvalue weighted by Crippen LogP contribution is -2.18. The van der Waals surface area contributed by atoms with Crippen LogP contribution in [0.1, 0.15) is 34.2 Å². The maximum Gasteiger partial charge on any atom is 0.257 e. The summed E-state index contributed by atoms with van der Waals surface area (Å²) in [6.07, 6.45) is 1.64. The molecule has 0 spiro atoms. The van der Waals surface area contributed by atoms with Gasteiger partial charge in [-0.25, -0.2) is 4.98 Å². The van der Waals surface area contributed by atoms with Crippen molar-refractivity contribution in [1.82, 2.24) is 10.3 Å². The zero-order valence-electron chi connectivity index (χ0n) is 17.6. The van der Waals surface area contributed by atoms with Gasteiger partial charge in [-0.05, 0) is 42.2 Å². The van der Waals surface area contributed by atoms with E-state index in [1.54, 1.807) is 12.1 Å². The van der Waals surface area contributed by atoms with E-state index in [1.807, 2.05) is 47.8 Å². The number of rotatable bonds is 8. The van der Waals surface area contributed by atoms with Crippen molar-refractivity contribution in [1.29, 1.82) is 0 Å². The first-order valence-electron chi connectivity index (χ1n) is 10.3. The molecular formula is C25H23N3O3S. The molecule has 32 heavy (non-hydrogen) atoms. The first kappa shape index (κ1) is 21.5. The van der Waals surface area contributed by atoms with Crippen molar-refractivity contribution in [3.05, 3.63) is 94.6 Å². The van der Waals surface area contributed by atoms with Crippen LogP contribution in [-0.4, -0.2) is 16.8 Å². The summed E-state index contributed by atoms with van der Waals surface area (Å²) in [6.45, 7) is 1.78. The van der Waals surface area contributed by atoms with Gasteiger partial charge in [0.25, 0.3) is 5.91 Å². The second-order valence-electron chi connectivity index (χ2n) is 7.31. The highest BCUT2D eigenvalue weighted by Crippen LogP contribution is 2.27. The van der Waals surface area contributed by atoms with Crippen LogP contribution in [0.2, 0.25) is 0 Å². The number of aromatic nitrogens is 1. The molecular weight excluding hydrogens is 422 g/mol. The zero-order valence-corrected chi connectivity index (χ0v) is 18.4. The molecule has 2 aromatic carbocycles. The molecule has 2 N–H and O–H groups in total. The predicted octanol–water partition coefficient (Wildman–Crippen LogP) is 5.08. The second-order valence-corrected chi connectivity index (χ2v) is 8.17. The molecule has 0 aliphatic rings. The number of aryl methyl sites for hydroxylation is 2. The number of anilines is 1. The summed E-state index contributed by atoms with van der Waals surface area (Å²) in [6, 6.07) is 21.5. The fourth-order valence-corrected chi connectivity index (χ4v) is 4.01. The first-order chi connectivity index (χ1) is 15.6. The van der Waals surface area contributed by atoms with E-state index in [0.717, 1.165) is 18.4 Å². The van der Waals surface area contributed by atoms with Gasteiger partial charge in [0.05, 0.1) is 6.54 Å². The number of thiazole rings is 1.